The summed E-state index contributed by atoms with van der Waals surface area (Å²) < 4.78 is 37.6. The summed E-state index contributed by atoms with van der Waals surface area (Å²) in [6.07, 6.45) is -3.91. The molecule has 1 aromatic rings. The number of alkyl halides is 3. The summed E-state index contributed by atoms with van der Waals surface area (Å²) >= 11 is 0. The van der Waals surface area contributed by atoms with E-state index in [1.165, 1.54) is 12.1 Å². The Bertz CT molecular complexity index is 646. The van der Waals surface area contributed by atoms with Crippen LogP contribution in [0.3, 0.4) is 0 Å². The average Bonchev–Trinajstić information content (AvgIpc) is 3.12. The lowest BCUT2D eigenvalue weighted by Gasteiger charge is -2.22. The van der Waals surface area contributed by atoms with Crippen molar-refractivity contribution in [2.24, 2.45) is 11.8 Å². The van der Waals surface area contributed by atoms with Crippen molar-refractivity contribution >= 4 is 17.6 Å². The monoisotopic (exact) mass is 355 g/mol. The van der Waals surface area contributed by atoms with Crippen LogP contribution in [0.1, 0.15) is 18.9 Å². The Labute approximate surface area is 143 Å². The zero-order chi connectivity index (χ0) is 18.2. The maximum Gasteiger partial charge on any atom is 0.416 e. The minimum atomic E-state index is -4.39. The number of hydrogen-bond donors (Lipinski definition) is 1. The maximum absolute atomic E-state index is 12.5. The van der Waals surface area contributed by atoms with E-state index in [1.807, 2.05) is 11.8 Å². The normalized spacial score (nSPS) is 22.9. The molecule has 2 fully saturated rings. The fourth-order valence-corrected chi connectivity index (χ4v) is 3.53. The van der Waals surface area contributed by atoms with Gasteiger partial charge in [0.2, 0.25) is 5.91 Å². The van der Waals surface area contributed by atoms with Gasteiger partial charge in [-0.15, -0.1) is 0 Å². The summed E-state index contributed by atoms with van der Waals surface area (Å²) in [7, 11) is 0. The third-order valence-electron chi connectivity index (χ3n) is 4.89. The van der Waals surface area contributed by atoms with E-state index in [9.17, 15) is 22.8 Å². The van der Waals surface area contributed by atoms with Gasteiger partial charge in [-0.3, -0.25) is 4.79 Å². The number of halogens is 3. The molecule has 5 nitrogen and oxygen atoms in total. The zero-order valence-electron chi connectivity index (χ0n) is 13.8. The van der Waals surface area contributed by atoms with Crippen LogP contribution in [0.25, 0.3) is 0 Å². The first-order valence-electron chi connectivity index (χ1n) is 8.29. The molecule has 1 N–H and O–H groups in total. The number of nitrogens with zero attached hydrogens (tertiary/aromatic N) is 2. The first kappa shape index (κ1) is 17.6. The second-order valence-corrected chi connectivity index (χ2v) is 6.58. The van der Waals surface area contributed by atoms with Gasteiger partial charge in [-0.2, -0.15) is 13.2 Å². The van der Waals surface area contributed by atoms with Gasteiger partial charge < -0.3 is 15.1 Å². The minimum Gasteiger partial charge on any atom is -0.342 e. The topological polar surface area (TPSA) is 52.7 Å². The molecule has 0 radical (unpaired) electrons. The standard InChI is InChI=1S/C17H20F3N3O2/c1-2-15(24)22-7-11-9-23(10-12(11)8-22)16(25)21-14-5-3-13(4-6-14)17(18,19)20/h3-6,11-12H,2,7-10H2,1H3,(H,21,25)/t11-,12?/m0/s1. The van der Waals surface area contributed by atoms with E-state index in [0.29, 0.717) is 38.3 Å². The fraction of sp³-hybridized carbons (Fsp3) is 0.529. The van der Waals surface area contributed by atoms with Crippen molar-refractivity contribution in [3.63, 3.8) is 0 Å². The van der Waals surface area contributed by atoms with Crippen LogP contribution < -0.4 is 5.32 Å². The quantitative estimate of drug-likeness (QED) is 0.887. The first-order valence-corrected chi connectivity index (χ1v) is 8.29. The van der Waals surface area contributed by atoms with Crippen LogP contribution in [0.15, 0.2) is 24.3 Å². The van der Waals surface area contributed by atoms with Crippen molar-refractivity contribution in [3.8, 4) is 0 Å². The molecule has 2 aliphatic rings. The van der Waals surface area contributed by atoms with Crippen molar-refractivity contribution < 1.29 is 22.8 Å². The molecule has 3 amide bonds. The summed E-state index contributed by atoms with van der Waals surface area (Å²) in [5.41, 5.74) is -0.417. The number of benzene rings is 1. The molecule has 2 atom stereocenters. The van der Waals surface area contributed by atoms with Gasteiger partial charge in [0.05, 0.1) is 5.56 Å². The van der Waals surface area contributed by atoms with Crippen LogP contribution in [-0.4, -0.2) is 47.9 Å². The summed E-state index contributed by atoms with van der Waals surface area (Å²) in [5, 5.41) is 2.64. The van der Waals surface area contributed by atoms with Crippen LogP contribution in [0.5, 0.6) is 0 Å². The first-order chi connectivity index (χ1) is 11.8. The smallest absolute Gasteiger partial charge is 0.342 e. The highest BCUT2D eigenvalue weighted by atomic mass is 19.4. The van der Waals surface area contributed by atoms with Gasteiger partial charge in [0.1, 0.15) is 0 Å². The molecular weight excluding hydrogens is 335 g/mol. The molecule has 0 aromatic heterocycles. The van der Waals surface area contributed by atoms with E-state index in [-0.39, 0.29) is 23.8 Å². The summed E-state index contributed by atoms with van der Waals surface area (Å²) in [6, 6.07) is 4.08. The molecule has 1 aromatic carbocycles. The van der Waals surface area contributed by atoms with Gasteiger partial charge in [0.25, 0.3) is 0 Å². The maximum atomic E-state index is 12.5. The van der Waals surface area contributed by atoms with Crippen molar-refractivity contribution in [1.29, 1.82) is 0 Å². The molecule has 0 spiro atoms. The molecule has 0 aliphatic carbocycles. The van der Waals surface area contributed by atoms with E-state index in [2.05, 4.69) is 5.32 Å². The molecule has 0 bridgehead atoms. The number of likely N-dealkylation sites (tertiary alicyclic amines) is 2. The number of fused-ring (bicyclic) bond motifs is 1. The van der Waals surface area contributed by atoms with Gasteiger partial charge in [-0.1, -0.05) is 6.92 Å². The molecule has 2 aliphatic heterocycles. The van der Waals surface area contributed by atoms with Crippen molar-refractivity contribution in [2.45, 2.75) is 19.5 Å². The van der Waals surface area contributed by atoms with Crippen LogP contribution in [0.2, 0.25) is 0 Å². The van der Waals surface area contributed by atoms with Crippen molar-refractivity contribution in [2.75, 3.05) is 31.5 Å². The Hall–Kier alpha value is -2.25. The van der Waals surface area contributed by atoms with E-state index >= 15 is 0 Å². The van der Waals surface area contributed by atoms with Gasteiger partial charge in [-0.25, -0.2) is 4.79 Å². The molecule has 2 saturated heterocycles. The van der Waals surface area contributed by atoms with Crippen LogP contribution in [0.4, 0.5) is 23.7 Å². The predicted octanol–water partition coefficient (Wildman–Crippen LogP) is 3.04. The average molecular weight is 355 g/mol. The number of urea groups is 1. The number of carbonyl (C=O) groups is 2. The largest absolute Gasteiger partial charge is 0.416 e. The lowest BCUT2D eigenvalue weighted by atomic mass is 10.0. The zero-order valence-corrected chi connectivity index (χ0v) is 13.8. The number of hydrogen-bond acceptors (Lipinski definition) is 2. The van der Waals surface area contributed by atoms with E-state index in [0.717, 1.165) is 12.1 Å². The van der Waals surface area contributed by atoms with E-state index in [1.54, 1.807) is 4.90 Å². The number of rotatable bonds is 2. The highest BCUT2D eigenvalue weighted by Gasteiger charge is 2.42. The predicted molar refractivity (Wildman–Crippen MR) is 85.9 cm³/mol. The molecule has 136 valence electrons. The summed E-state index contributed by atoms with van der Waals surface area (Å²) in [6.45, 7) is 4.29. The molecule has 25 heavy (non-hydrogen) atoms. The molecule has 3 rings (SSSR count). The second-order valence-electron chi connectivity index (χ2n) is 6.58. The Morgan fingerprint density at radius 2 is 1.56 bits per heavy atom. The van der Waals surface area contributed by atoms with Gasteiger partial charge >= 0.3 is 12.2 Å². The molecule has 1 unspecified atom stereocenters. The highest BCUT2D eigenvalue weighted by molar-refractivity contribution is 5.89. The lowest BCUT2D eigenvalue weighted by Crippen LogP contribution is -2.37. The Balaban J connectivity index is 1.55. The van der Waals surface area contributed by atoms with Crippen molar-refractivity contribution in [3.05, 3.63) is 29.8 Å². The third kappa shape index (κ3) is 3.72. The second kappa shape index (κ2) is 6.57. The lowest BCUT2D eigenvalue weighted by molar-refractivity contribution is -0.137. The molecule has 0 saturated carbocycles. The van der Waals surface area contributed by atoms with Crippen LogP contribution in [-0.2, 0) is 11.0 Å². The van der Waals surface area contributed by atoms with Gasteiger partial charge in [-0.05, 0) is 24.3 Å². The number of anilines is 1. The Morgan fingerprint density at radius 3 is 2.04 bits per heavy atom. The molecule has 8 heteroatoms. The van der Waals surface area contributed by atoms with Gasteiger partial charge in [0.15, 0.2) is 0 Å². The summed E-state index contributed by atoms with van der Waals surface area (Å²) in [5.74, 6) is 0.679. The van der Waals surface area contributed by atoms with E-state index < -0.39 is 11.7 Å². The number of nitrogens with one attached hydrogen (secondary N) is 1. The van der Waals surface area contributed by atoms with Crippen LogP contribution in [0, 0.1) is 11.8 Å². The summed E-state index contributed by atoms with van der Waals surface area (Å²) in [4.78, 5) is 27.6. The van der Waals surface area contributed by atoms with Crippen molar-refractivity contribution in [1.82, 2.24) is 9.80 Å². The van der Waals surface area contributed by atoms with Crippen LogP contribution >= 0.6 is 0 Å². The number of carbonyl (C=O) groups excluding carboxylic acids is 2. The highest BCUT2D eigenvalue weighted by Crippen LogP contribution is 2.32. The molecular formula is C17H20F3N3O2. The van der Waals surface area contributed by atoms with E-state index in [4.69, 9.17) is 0 Å². The SMILES string of the molecule is CCC(=O)N1CC2CN(C(=O)Nc3ccc(C(F)(F)F)cc3)C[C@@H]2C1. The Kier molecular flexibility index (Phi) is 4.62. The molecule has 2 heterocycles. The fourth-order valence-electron chi connectivity index (χ4n) is 3.53. The number of amides is 3. The third-order valence-corrected chi connectivity index (χ3v) is 4.89. The van der Waals surface area contributed by atoms with Gasteiger partial charge in [0, 0.05) is 50.1 Å². The minimum absolute atomic E-state index is 0.134. The Morgan fingerprint density at radius 1 is 1.04 bits per heavy atom.